The number of aromatic amines is 1. The Kier molecular flexibility index (Phi) is 4.65. The summed E-state index contributed by atoms with van der Waals surface area (Å²) in [5, 5.41) is 8.92. The number of esters is 1. The van der Waals surface area contributed by atoms with E-state index in [4.69, 9.17) is 4.74 Å². The van der Waals surface area contributed by atoms with E-state index in [0.717, 1.165) is 28.4 Å². The monoisotopic (exact) mass is 376 g/mol. The Balaban J connectivity index is 1.50. The van der Waals surface area contributed by atoms with Crippen LogP contribution in [0.4, 0.5) is 0 Å². The molecule has 0 radical (unpaired) electrons. The molecule has 0 aliphatic heterocycles. The molecule has 7 heteroatoms. The lowest BCUT2D eigenvalue weighted by molar-refractivity contribution is 0.0475. The van der Waals surface area contributed by atoms with Gasteiger partial charge in [-0.3, -0.25) is 4.79 Å². The Labute approximate surface area is 161 Å². The SMILES string of the molecule is CCc1cccc2c(C(=O)COC(=O)c3ccc4c(c3)nnn4CC)c[nH]c12. The van der Waals surface area contributed by atoms with E-state index in [-0.39, 0.29) is 12.4 Å². The molecule has 1 N–H and O–H groups in total. The third-order valence-corrected chi connectivity index (χ3v) is 4.87. The first-order valence-electron chi connectivity index (χ1n) is 9.25. The molecule has 0 aliphatic rings. The van der Waals surface area contributed by atoms with Gasteiger partial charge in [0.05, 0.1) is 11.1 Å². The molecule has 0 atom stereocenters. The van der Waals surface area contributed by atoms with Gasteiger partial charge in [-0.05, 0) is 37.1 Å². The highest BCUT2D eigenvalue weighted by molar-refractivity contribution is 6.09. The number of nitrogens with zero attached hydrogens (tertiary/aromatic N) is 3. The largest absolute Gasteiger partial charge is 0.454 e. The molecule has 2 heterocycles. The summed E-state index contributed by atoms with van der Waals surface area (Å²) in [5.41, 5.74) is 4.42. The number of hydrogen-bond donors (Lipinski definition) is 1. The van der Waals surface area contributed by atoms with Gasteiger partial charge in [-0.15, -0.1) is 5.10 Å². The van der Waals surface area contributed by atoms with Gasteiger partial charge in [0.25, 0.3) is 0 Å². The van der Waals surface area contributed by atoms with Gasteiger partial charge in [0.15, 0.2) is 6.61 Å². The van der Waals surface area contributed by atoms with Crippen molar-refractivity contribution in [2.24, 2.45) is 0 Å². The summed E-state index contributed by atoms with van der Waals surface area (Å²) in [5.74, 6) is -0.804. The summed E-state index contributed by atoms with van der Waals surface area (Å²) in [6, 6.07) is 10.9. The number of H-pyrrole nitrogens is 1. The third-order valence-electron chi connectivity index (χ3n) is 4.87. The molecule has 0 saturated heterocycles. The maximum absolute atomic E-state index is 12.6. The van der Waals surface area contributed by atoms with Crippen LogP contribution < -0.4 is 0 Å². The van der Waals surface area contributed by atoms with Crippen molar-refractivity contribution in [3.63, 3.8) is 0 Å². The van der Waals surface area contributed by atoms with Gasteiger partial charge in [-0.2, -0.15) is 0 Å². The van der Waals surface area contributed by atoms with Gasteiger partial charge in [0.2, 0.25) is 5.78 Å². The van der Waals surface area contributed by atoms with Crippen LogP contribution >= 0.6 is 0 Å². The van der Waals surface area contributed by atoms with Gasteiger partial charge in [-0.25, -0.2) is 9.48 Å². The number of aryl methyl sites for hydroxylation is 2. The number of ketones is 1. The van der Waals surface area contributed by atoms with E-state index < -0.39 is 5.97 Å². The molecule has 0 amide bonds. The van der Waals surface area contributed by atoms with Crippen molar-refractivity contribution < 1.29 is 14.3 Å². The lowest BCUT2D eigenvalue weighted by atomic mass is 10.1. The van der Waals surface area contributed by atoms with Crippen molar-refractivity contribution in [1.29, 1.82) is 0 Å². The first-order chi connectivity index (χ1) is 13.6. The number of nitrogens with one attached hydrogen (secondary N) is 1. The zero-order valence-electron chi connectivity index (χ0n) is 15.7. The van der Waals surface area contributed by atoms with E-state index in [9.17, 15) is 9.59 Å². The molecule has 28 heavy (non-hydrogen) atoms. The number of rotatable bonds is 6. The molecule has 2 aromatic heterocycles. The quantitative estimate of drug-likeness (QED) is 0.411. The smallest absolute Gasteiger partial charge is 0.338 e. The number of Topliss-reactive ketones (excluding diaryl/α,β-unsaturated/α-hetero) is 1. The van der Waals surface area contributed by atoms with E-state index in [1.807, 2.05) is 25.1 Å². The normalized spacial score (nSPS) is 11.2. The number of hydrogen-bond acceptors (Lipinski definition) is 5. The third kappa shape index (κ3) is 3.05. The van der Waals surface area contributed by atoms with Gasteiger partial charge in [0.1, 0.15) is 5.52 Å². The van der Waals surface area contributed by atoms with Crippen molar-refractivity contribution in [2.75, 3.05) is 6.61 Å². The van der Waals surface area contributed by atoms with E-state index in [1.165, 1.54) is 0 Å². The molecular weight excluding hydrogens is 356 g/mol. The van der Waals surface area contributed by atoms with Crippen LogP contribution in [-0.4, -0.2) is 38.3 Å². The molecule has 0 aliphatic carbocycles. The van der Waals surface area contributed by atoms with E-state index in [2.05, 4.69) is 22.2 Å². The number of ether oxygens (including phenoxy) is 1. The first kappa shape index (κ1) is 17.9. The summed E-state index contributed by atoms with van der Waals surface area (Å²) in [4.78, 5) is 28.1. The molecule has 4 rings (SSSR count). The number of carbonyl (C=O) groups excluding carboxylic acids is 2. The van der Waals surface area contributed by atoms with Crippen LogP contribution in [0.25, 0.3) is 21.9 Å². The second-order valence-electron chi connectivity index (χ2n) is 6.50. The zero-order valence-corrected chi connectivity index (χ0v) is 15.7. The van der Waals surface area contributed by atoms with Crippen molar-refractivity contribution in [3.05, 3.63) is 59.3 Å². The molecule has 0 saturated carbocycles. The summed E-state index contributed by atoms with van der Waals surface area (Å²) in [6.07, 6.45) is 2.54. The maximum Gasteiger partial charge on any atom is 0.338 e. The molecule has 2 aromatic carbocycles. The minimum absolute atomic E-state index is 0.245. The Bertz CT molecular complexity index is 1190. The summed E-state index contributed by atoms with van der Waals surface area (Å²) in [6.45, 7) is 4.41. The average molecular weight is 376 g/mol. The number of carbonyl (C=O) groups is 2. The fourth-order valence-corrected chi connectivity index (χ4v) is 3.37. The molecule has 0 spiro atoms. The highest BCUT2D eigenvalue weighted by atomic mass is 16.5. The van der Waals surface area contributed by atoms with Crippen LogP contribution in [0, 0.1) is 0 Å². The molecule has 0 bridgehead atoms. The summed E-state index contributed by atoms with van der Waals surface area (Å²) < 4.78 is 6.99. The Morgan fingerprint density at radius 1 is 1.18 bits per heavy atom. The fourth-order valence-electron chi connectivity index (χ4n) is 3.37. The lowest BCUT2D eigenvalue weighted by Crippen LogP contribution is -2.14. The lowest BCUT2D eigenvalue weighted by Gasteiger charge is -2.05. The second-order valence-corrected chi connectivity index (χ2v) is 6.50. The highest BCUT2D eigenvalue weighted by Gasteiger charge is 2.17. The molecule has 0 fully saturated rings. The Morgan fingerprint density at radius 2 is 2.04 bits per heavy atom. The van der Waals surface area contributed by atoms with E-state index in [1.54, 1.807) is 29.1 Å². The standard InChI is InChI=1S/C21H20N4O3/c1-3-13-6-5-7-15-16(11-22-20(13)15)19(26)12-28-21(27)14-8-9-18-17(10-14)23-24-25(18)4-2/h5-11,22H,3-4,12H2,1-2H3. The van der Waals surface area contributed by atoms with Crippen LogP contribution in [0.2, 0.25) is 0 Å². The number of benzene rings is 2. The van der Waals surface area contributed by atoms with Gasteiger partial charge in [-0.1, -0.05) is 30.3 Å². The van der Waals surface area contributed by atoms with Crippen LogP contribution in [-0.2, 0) is 17.7 Å². The Morgan fingerprint density at radius 3 is 2.82 bits per heavy atom. The van der Waals surface area contributed by atoms with Crippen molar-refractivity contribution in [3.8, 4) is 0 Å². The molecule has 4 aromatic rings. The van der Waals surface area contributed by atoms with Crippen molar-refractivity contribution in [2.45, 2.75) is 26.8 Å². The first-order valence-corrected chi connectivity index (χ1v) is 9.25. The van der Waals surface area contributed by atoms with E-state index >= 15 is 0 Å². The fraction of sp³-hybridized carbons (Fsp3) is 0.238. The zero-order chi connectivity index (χ0) is 19.7. The van der Waals surface area contributed by atoms with Crippen LogP contribution in [0.5, 0.6) is 0 Å². The average Bonchev–Trinajstić information content (AvgIpc) is 3.34. The van der Waals surface area contributed by atoms with Crippen LogP contribution in [0.3, 0.4) is 0 Å². The van der Waals surface area contributed by atoms with Crippen molar-refractivity contribution in [1.82, 2.24) is 20.0 Å². The highest BCUT2D eigenvalue weighted by Crippen LogP contribution is 2.23. The minimum Gasteiger partial charge on any atom is -0.454 e. The van der Waals surface area contributed by atoms with Crippen LogP contribution in [0.15, 0.2) is 42.6 Å². The second kappa shape index (κ2) is 7.26. The number of fused-ring (bicyclic) bond motifs is 2. The summed E-state index contributed by atoms with van der Waals surface area (Å²) in [7, 11) is 0. The molecule has 7 nitrogen and oxygen atoms in total. The molecule has 0 unspecified atom stereocenters. The van der Waals surface area contributed by atoms with Gasteiger partial charge >= 0.3 is 5.97 Å². The number of aromatic nitrogens is 4. The van der Waals surface area contributed by atoms with E-state index in [0.29, 0.717) is 23.2 Å². The minimum atomic E-state index is -0.560. The molecular formula is C21H20N4O3. The van der Waals surface area contributed by atoms with Gasteiger partial charge in [0, 0.05) is 29.2 Å². The molecule has 142 valence electrons. The van der Waals surface area contributed by atoms with Crippen LogP contribution in [0.1, 0.15) is 40.1 Å². The maximum atomic E-state index is 12.6. The van der Waals surface area contributed by atoms with Crippen molar-refractivity contribution >= 4 is 33.7 Å². The summed E-state index contributed by atoms with van der Waals surface area (Å²) >= 11 is 0. The number of para-hydroxylation sites is 1. The topological polar surface area (TPSA) is 89.9 Å². The predicted molar refractivity (Wildman–Crippen MR) is 105 cm³/mol. The van der Waals surface area contributed by atoms with Gasteiger partial charge < -0.3 is 9.72 Å². The predicted octanol–water partition coefficient (Wildman–Crippen LogP) is 3.53. The Hall–Kier alpha value is -3.48.